The van der Waals surface area contributed by atoms with E-state index in [-0.39, 0.29) is 6.04 Å². The van der Waals surface area contributed by atoms with Crippen molar-refractivity contribution in [3.8, 4) is 0 Å². The molecular weight excluding hydrogens is 330 g/mol. The Morgan fingerprint density at radius 2 is 1.30 bits per heavy atom. The number of hydrogen-bond donors (Lipinski definition) is 1. The van der Waals surface area contributed by atoms with Gasteiger partial charge in [-0.1, -0.05) is 94.3 Å². The van der Waals surface area contributed by atoms with Crippen LogP contribution in [0.5, 0.6) is 0 Å². The van der Waals surface area contributed by atoms with E-state index in [9.17, 15) is 5.11 Å². The lowest BCUT2D eigenvalue weighted by atomic mass is 10.00. The molecule has 2 nitrogen and oxygen atoms in total. The number of rotatable bonds is 13. The van der Waals surface area contributed by atoms with Crippen LogP contribution in [0.3, 0.4) is 0 Å². The molecule has 2 atom stereocenters. The van der Waals surface area contributed by atoms with Crippen molar-refractivity contribution in [2.75, 3.05) is 4.90 Å². The summed E-state index contributed by atoms with van der Waals surface area (Å²) >= 11 is 0. The molecule has 2 aromatic rings. The maximum absolute atomic E-state index is 10.9. The number of aliphatic hydroxyl groups is 1. The molecule has 0 bridgehead atoms. The molecule has 0 spiro atoms. The first-order valence-corrected chi connectivity index (χ1v) is 10.5. The number of benzene rings is 2. The van der Waals surface area contributed by atoms with Crippen molar-refractivity contribution in [1.82, 2.24) is 0 Å². The van der Waals surface area contributed by atoms with Gasteiger partial charge in [0.05, 0.1) is 12.1 Å². The Labute approximate surface area is 165 Å². The fourth-order valence-corrected chi connectivity index (χ4v) is 3.59. The second-order valence-corrected chi connectivity index (χ2v) is 7.24. The van der Waals surface area contributed by atoms with Crippen molar-refractivity contribution in [1.29, 1.82) is 0 Å². The summed E-state index contributed by atoms with van der Waals surface area (Å²) in [5.41, 5.74) is 2.15. The van der Waals surface area contributed by atoms with Crippen molar-refractivity contribution in [3.05, 3.63) is 73.3 Å². The van der Waals surface area contributed by atoms with Crippen LogP contribution in [0.1, 0.15) is 58.3 Å². The van der Waals surface area contributed by atoms with Crippen LogP contribution < -0.4 is 4.90 Å². The number of aliphatic hydroxyl groups excluding tert-OH is 1. The highest BCUT2D eigenvalue weighted by molar-refractivity contribution is 5.65. The third-order valence-electron chi connectivity index (χ3n) is 5.11. The predicted octanol–water partition coefficient (Wildman–Crippen LogP) is 6.88. The molecule has 0 amide bonds. The minimum Gasteiger partial charge on any atom is -0.391 e. The van der Waals surface area contributed by atoms with Gasteiger partial charge in [0, 0.05) is 11.4 Å². The van der Waals surface area contributed by atoms with Gasteiger partial charge in [-0.05, 0) is 30.7 Å². The molecule has 2 rings (SSSR count). The van der Waals surface area contributed by atoms with Gasteiger partial charge in [-0.25, -0.2) is 0 Å². The van der Waals surface area contributed by atoms with Crippen LogP contribution in [0.15, 0.2) is 73.3 Å². The van der Waals surface area contributed by atoms with Gasteiger partial charge >= 0.3 is 0 Å². The van der Waals surface area contributed by atoms with Crippen LogP contribution in [-0.2, 0) is 0 Å². The average molecular weight is 366 g/mol. The third-order valence-corrected chi connectivity index (χ3v) is 5.11. The molecular formula is C25H35NO. The number of nitrogens with zero attached hydrogens (tertiary/aromatic N) is 1. The van der Waals surface area contributed by atoms with Gasteiger partial charge in [-0.15, -0.1) is 6.58 Å². The van der Waals surface area contributed by atoms with Gasteiger partial charge < -0.3 is 10.0 Å². The van der Waals surface area contributed by atoms with E-state index in [4.69, 9.17) is 0 Å². The highest BCUT2D eigenvalue weighted by Gasteiger charge is 2.24. The van der Waals surface area contributed by atoms with Crippen molar-refractivity contribution in [2.45, 2.75) is 70.4 Å². The summed E-state index contributed by atoms with van der Waals surface area (Å²) in [7, 11) is 0. The quantitative estimate of drug-likeness (QED) is 0.309. The molecule has 0 aliphatic rings. The van der Waals surface area contributed by atoms with Gasteiger partial charge in [0.1, 0.15) is 0 Å². The largest absolute Gasteiger partial charge is 0.391 e. The number of anilines is 2. The fourth-order valence-electron chi connectivity index (χ4n) is 3.59. The standard InChI is InChI=1S/C25H35NO/c1-3-5-6-7-8-9-16-21-25(27)24(4-2)26(22-17-12-10-13-18-22)23-19-14-11-15-20-23/h4,10-15,17-20,24-25,27H,2-3,5-9,16,21H2,1H3/t24-,25+/m0/s1. The summed E-state index contributed by atoms with van der Waals surface area (Å²) in [5, 5.41) is 10.9. The zero-order valence-corrected chi connectivity index (χ0v) is 16.8. The molecule has 0 heterocycles. The number of hydrogen-bond acceptors (Lipinski definition) is 2. The first-order chi connectivity index (χ1) is 13.3. The Morgan fingerprint density at radius 1 is 0.815 bits per heavy atom. The summed E-state index contributed by atoms with van der Waals surface area (Å²) in [4.78, 5) is 2.19. The maximum atomic E-state index is 10.9. The van der Waals surface area contributed by atoms with E-state index in [1.165, 1.54) is 38.5 Å². The van der Waals surface area contributed by atoms with E-state index in [1.54, 1.807) is 0 Å². The van der Waals surface area contributed by atoms with Crippen LogP contribution >= 0.6 is 0 Å². The van der Waals surface area contributed by atoms with Crippen LogP contribution in [0, 0.1) is 0 Å². The van der Waals surface area contributed by atoms with Crippen LogP contribution in [0.4, 0.5) is 11.4 Å². The summed E-state index contributed by atoms with van der Waals surface area (Å²) in [5.74, 6) is 0. The van der Waals surface area contributed by atoms with E-state index in [0.29, 0.717) is 0 Å². The lowest BCUT2D eigenvalue weighted by Crippen LogP contribution is -2.39. The third kappa shape index (κ3) is 6.88. The molecule has 0 fully saturated rings. The summed E-state index contributed by atoms with van der Waals surface area (Å²) in [6, 6.07) is 20.4. The SMILES string of the molecule is C=C[C@@H]([C@H](O)CCCCCCCCC)N(c1ccccc1)c1ccccc1. The number of para-hydroxylation sites is 2. The molecule has 0 unspecified atom stereocenters. The molecule has 146 valence electrons. The molecule has 0 radical (unpaired) electrons. The second-order valence-electron chi connectivity index (χ2n) is 7.24. The molecule has 0 aliphatic carbocycles. The van der Waals surface area contributed by atoms with Crippen LogP contribution in [0.25, 0.3) is 0 Å². The lowest BCUT2D eigenvalue weighted by Gasteiger charge is -2.35. The monoisotopic (exact) mass is 365 g/mol. The van der Waals surface area contributed by atoms with E-state index in [0.717, 1.165) is 24.2 Å². The van der Waals surface area contributed by atoms with Gasteiger partial charge in [0.15, 0.2) is 0 Å². The summed E-state index contributed by atoms with van der Waals surface area (Å²) < 4.78 is 0. The van der Waals surface area contributed by atoms with E-state index < -0.39 is 6.10 Å². The van der Waals surface area contributed by atoms with Gasteiger partial charge in [-0.2, -0.15) is 0 Å². The molecule has 2 aromatic carbocycles. The van der Waals surface area contributed by atoms with Crippen molar-refractivity contribution in [3.63, 3.8) is 0 Å². The second kappa shape index (κ2) is 12.3. The summed E-state index contributed by atoms with van der Waals surface area (Å²) in [6.45, 7) is 6.28. The molecule has 0 saturated heterocycles. The van der Waals surface area contributed by atoms with Crippen molar-refractivity contribution in [2.24, 2.45) is 0 Å². The molecule has 0 aliphatic heterocycles. The predicted molar refractivity (Wildman–Crippen MR) is 118 cm³/mol. The molecule has 27 heavy (non-hydrogen) atoms. The van der Waals surface area contributed by atoms with Crippen molar-refractivity contribution < 1.29 is 5.11 Å². The molecule has 1 N–H and O–H groups in total. The smallest absolute Gasteiger partial charge is 0.0783 e. The zero-order valence-electron chi connectivity index (χ0n) is 16.8. The Balaban J connectivity index is 2.01. The maximum Gasteiger partial charge on any atom is 0.0783 e. The normalized spacial score (nSPS) is 13.1. The van der Waals surface area contributed by atoms with E-state index >= 15 is 0 Å². The van der Waals surface area contributed by atoms with E-state index in [1.807, 2.05) is 42.5 Å². The highest BCUT2D eigenvalue weighted by atomic mass is 16.3. The van der Waals surface area contributed by atoms with Gasteiger partial charge in [0.2, 0.25) is 0 Å². The minimum atomic E-state index is -0.432. The van der Waals surface area contributed by atoms with Gasteiger partial charge in [0.25, 0.3) is 0 Å². The van der Waals surface area contributed by atoms with Crippen LogP contribution in [-0.4, -0.2) is 17.3 Å². The number of unbranched alkanes of at least 4 members (excludes halogenated alkanes) is 6. The highest BCUT2D eigenvalue weighted by Crippen LogP contribution is 2.30. The molecule has 0 saturated carbocycles. The first-order valence-electron chi connectivity index (χ1n) is 10.5. The zero-order chi connectivity index (χ0) is 19.3. The Morgan fingerprint density at radius 3 is 1.78 bits per heavy atom. The van der Waals surface area contributed by atoms with Crippen molar-refractivity contribution >= 4 is 11.4 Å². The Hall–Kier alpha value is -2.06. The summed E-state index contributed by atoms with van der Waals surface area (Å²) in [6.07, 6.45) is 11.1. The van der Waals surface area contributed by atoms with Gasteiger partial charge in [-0.3, -0.25) is 0 Å². The molecule has 0 aromatic heterocycles. The molecule has 2 heteroatoms. The Bertz CT molecular complexity index is 586. The van der Waals surface area contributed by atoms with Crippen LogP contribution in [0.2, 0.25) is 0 Å². The first kappa shape index (κ1) is 21.2. The average Bonchev–Trinajstić information content (AvgIpc) is 2.72. The lowest BCUT2D eigenvalue weighted by molar-refractivity contribution is 0.146. The minimum absolute atomic E-state index is 0.144. The van der Waals surface area contributed by atoms with E-state index in [2.05, 4.69) is 42.7 Å². The fraction of sp³-hybridized carbons (Fsp3) is 0.440. The topological polar surface area (TPSA) is 23.5 Å². The Kier molecular flexibility index (Phi) is 9.72.